The highest BCUT2D eigenvalue weighted by molar-refractivity contribution is 6.43. The second kappa shape index (κ2) is 6.14. The van der Waals surface area contributed by atoms with Crippen LogP contribution in [0, 0.1) is 10.1 Å². The molecule has 3 rings (SSSR count). The molecule has 0 amide bonds. The number of benzene rings is 2. The number of nitrogens with zero attached hydrogens (tertiary/aromatic N) is 4. The van der Waals surface area contributed by atoms with Gasteiger partial charge in [0.15, 0.2) is 5.52 Å². The van der Waals surface area contributed by atoms with Gasteiger partial charge in [0.1, 0.15) is 5.69 Å². The van der Waals surface area contributed by atoms with E-state index >= 15 is 0 Å². The average molecular weight is 368 g/mol. The van der Waals surface area contributed by atoms with Crippen LogP contribution >= 0.6 is 23.2 Å². The highest BCUT2D eigenvalue weighted by Gasteiger charge is 2.27. The molecule has 3 aromatic rings. The van der Waals surface area contributed by atoms with E-state index in [0.717, 1.165) is 0 Å². The van der Waals surface area contributed by atoms with Crippen molar-refractivity contribution in [3.63, 3.8) is 0 Å². The molecule has 0 spiro atoms. The van der Waals surface area contributed by atoms with Crippen LogP contribution in [0.3, 0.4) is 0 Å². The van der Waals surface area contributed by atoms with Gasteiger partial charge in [0, 0.05) is 14.1 Å². The van der Waals surface area contributed by atoms with Crippen molar-refractivity contribution in [1.29, 1.82) is 0 Å². The minimum absolute atomic E-state index is 0.0480. The third-order valence-corrected chi connectivity index (χ3v) is 4.20. The van der Waals surface area contributed by atoms with Gasteiger partial charge in [-0.3, -0.25) is 10.1 Å². The van der Waals surface area contributed by atoms with Crippen LogP contribution in [-0.2, 0) is 0 Å². The van der Waals surface area contributed by atoms with E-state index in [0.29, 0.717) is 21.9 Å². The predicted molar refractivity (Wildman–Crippen MR) is 92.5 cm³/mol. The van der Waals surface area contributed by atoms with Crippen LogP contribution in [0.15, 0.2) is 28.9 Å². The molecule has 1 heterocycles. The maximum Gasteiger partial charge on any atom is 0.324 e. The number of hydrogen-bond donors (Lipinski definition) is 1. The molecule has 0 bridgehead atoms. The Balaban J connectivity index is 2.24. The van der Waals surface area contributed by atoms with Gasteiger partial charge < -0.3 is 10.2 Å². The van der Waals surface area contributed by atoms with E-state index in [-0.39, 0.29) is 21.9 Å². The van der Waals surface area contributed by atoms with Gasteiger partial charge in [0.05, 0.1) is 26.3 Å². The second-order valence-electron chi connectivity index (χ2n) is 5.13. The Morgan fingerprint density at radius 2 is 1.92 bits per heavy atom. The molecule has 8 nitrogen and oxygen atoms in total. The Bertz CT molecular complexity index is 942. The van der Waals surface area contributed by atoms with E-state index in [9.17, 15) is 10.1 Å². The molecule has 0 fully saturated rings. The SMILES string of the molecule is CN(C)c1cc(Nc2cccc(Cl)c2Cl)c([N+](=O)[O-])c2nonc12. The van der Waals surface area contributed by atoms with Crippen LogP contribution in [0.1, 0.15) is 0 Å². The number of rotatable bonds is 4. The topological polar surface area (TPSA) is 97.3 Å². The lowest BCUT2D eigenvalue weighted by Gasteiger charge is -2.15. The maximum atomic E-state index is 11.5. The summed E-state index contributed by atoms with van der Waals surface area (Å²) in [4.78, 5) is 12.7. The summed E-state index contributed by atoms with van der Waals surface area (Å²) in [6.45, 7) is 0. The number of nitro groups is 1. The largest absolute Gasteiger partial charge is 0.376 e. The molecule has 0 saturated carbocycles. The standard InChI is InChI=1S/C14H11Cl2N5O3/c1-20(2)10-6-9(17-8-5-3-4-7(15)11(8)16)14(21(22)23)13-12(10)18-24-19-13/h3-6,17H,1-2H3. The van der Waals surface area contributed by atoms with E-state index in [1.807, 2.05) is 0 Å². The van der Waals surface area contributed by atoms with Crippen molar-refractivity contribution in [3.8, 4) is 0 Å². The summed E-state index contributed by atoms with van der Waals surface area (Å²) in [5.41, 5.74) is 1.34. The number of hydrogen-bond acceptors (Lipinski definition) is 7. The van der Waals surface area contributed by atoms with Crippen LogP contribution in [-0.4, -0.2) is 29.3 Å². The predicted octanol–water partition coefficient (Wildman–Crippen LogP) is 4.25. The first-order chi connectivity index (χ1) is 11.4. The molecular formula is C14H11Cl2N5O3. The van der Waals surface area contributed by atoms with Crippen molar-refractivity contribution in [1.82, 2.24) is 10.3 Å². The van der Waals surface area contributed by atoms with E-state index in [2.05, 4.69) is 20.3 Å². The van der Waals surface area contributed by atoms with Crippen LogP contribution < -0.4 is 10.2 Å². The first-order valence-electron chi connectivity index (χ1n) is 6.72. The highest BCUT2D eigenvalue weighted by atomic mass is 35.5. The number of nitrogens with one attached hydrogen (secondary N) is 1. The number of nitro benzene ring substituents is 1. The van der Waals surface area contributed by atoms with Crippen molar-refractivity contribution < 1.29 is 9.55 Å². The molecule has 10 heteroatoms. The first-order valence-corrected chi connectivity index (χ1v) is 7.47. The fourth-order valence-corrected chi connectivity index (χ4v) is 2.63. The lowest BCUT2D eigenvalue weighted by Crippen LogP contribution is -2.10. The van der Waals surface area contributed by atoms with Gasteiger partial charge in [0.2, 0.25) is 5.52 Å². The van der Waals surface area contributed by atoms with Crippen molar-refractivity contribution in [2.24, 2.45) is 0 Å². The third-order valence-electron chi connectivity index (χ3n) is 3.38. The van der Waals surface area contributed by atoms with Gasteiger partial charge in [-0.1, -0.05) is 29.3 Å². The van der Waals surface area contributed by atoms with E-state index in [4.69, 9.17) is 23.2 Å². The molecule has 1 aromatic heterocycles. The summed E-state index contributed by atoms with van der Waals surface area (Å²) in [7, 11) is 3.57. The summed E-state index contributed by atoms with van der Waals surface area (Å²) < 4.78 is 4.69. The van der Waals surface area contributed by atoms with Crippen LogP contribution in [0.4, 0.5) is 22.7 Å². The Morgan fingerprint density at radius 3 is 2.58 bits per heavy atom. The van der Waals surface area contributed by atoms with Crippen molar-refractivity contribution in [2.75, 3.05) is 24.3 Å². The molecule has 0 aliphatic rings. The Hall–Kier alpha value is -2.58. The summed E-state index contributed by atoms with van der Waals surface area (Å²) in [5, 5.41) is 22.5. The van der Waals surface area contributed by atoms with Gasteiger partial charge in [0.25, 0.3) is 0 Å². The Morgan fingerprint density at radius 1 is 1.21 bits per heavy atom. The number of aromatic nitrogens is 2. The van der Waals surface area contributed by atoms with E-state index < -0.39 is 4.92 Å². The maximum absolute atomic E-state index is 11.5. The van der Waals surface area contributed by atoms with Gasteiger partial charge in [-0.25, -0.2) is 4.63 Å². The molecule has 0 saturated heterocycles. The number of halogens is 2. The zero-order valence-electron chi connectivity index (χ0n) is 12.6. The van der Waals surface area contributed by atoms with E-state index in [1.54, 1.807) is 43.3 Å². The lowest BCUT2D eigenvalue weighted by molar-refractivity contribution is -0.382. The molecule has 0 aliphatic heterocycles. The van der Waals surface area contributed by atoms with Gasteiger partial charge in [-0.2, -0.15) is 0 Å². The quantitative estimate of drug-likeness (QED) is 0.543. The molecule has 2 aromatic carbocycles. The number of fused-ring (bicyclic) bond motifs is 1. The summed E-state index contributed by atoms with van der Waals surface area (Å²) in [6.07, 6.45) is 0. The fraction of sp³-hybridized carbons (Fsp3) is 0.143. The Kier molecular flexibility index (Phi) is 4.16. The minimum Gasteiger partial charge on any atom is -0.376 e. The minimum atomic E-state index is -0.549. The molecule has 0 atom stereocenters. The zero-order valence-corrected chi connectivity index (χ0v) is 14.1. The monoisotopic (exact) mass is 367 g/mol. The van der Waals surface area contributed by atoms with Gasteiger partial charge in [-0.15, -0.1) is 0 Å². The molecule has 0 radical (unpaired) electrons. The molecule has 1 N–H and O–H groups in total. The second-order valence-corrected chi connectivity index (χ2v) is 5.92. The molecule has 24 heavy (non-hydrogen) atoms. The fourth-order valence-electron chi connectivity index (χ4n) is 2.28. The smallest absolute Gasteiger partial charge is 0.324 e. The van der Waals surface area contributed by atoms with Crippen LogP contribution in [0.5, 0.6) is 0 Å². The van der Waals surface area contributed by atoms with Gasteiger partial charge in [-0.05, 0) is 28.5 Å². The first kappa shape index (κ1) is 16.3. The third kappa shape index (κ3) is 2.70. The molecule has 0 aliphatic carbocycles. The average Bonchev–Trinajstić information content (AvgIpc) is 2.99. The van der Waals surface area contributed by atoms with Crippen molar-refractivity contribution in [3.05, 3.63) is 44.4 Å². The lowest BCUT2D eigenvalue weighted by atomic mass is 10.1. The molecular weight excluding hydrogens is 357 g/mol. The summed E-state index contributed by atoms with van der Waals surface area (Å²) >= 11 is 12.1. The van der Waals surface area contributed by atoms with Gasteiger partial charge >= 0.3 is 5.69 Å². The van der Waals surface area contributed by atoms with E-state index in [1.165, 1.54) is 0 Å². The normalized spacial score (nSPS) is 10.8. The van der Waals surface area contributed by atoms with Crippen molar-refractivity contribution in [2.45, 2.75) is 0 Å². The van der Waals surface area contributed by atoms with Crippen LogP contribution in [0.25, 0.3) is 11.0 Å². The highest BCUT2D eigenvalue weighted by Crippen LogP contribution is 2.41. The number of anilines is 3. The van der Waals surface area contributed by atoms with Crippen LogP contribution in [0.2, 0.25) is 10.0 Å². The zero-order chi connectivity index (χ0) is 17.4. The Labute approximate surface area is 146 Å². The summed E-state index contributed by atoms with van der Waals surface area (Å²) in [6, 6.07) is 6.56. The molecule has 0 unspecified atom stereocenters. The summed E-state index contributed by atoms with van der Waals surface area (Å²) in [5.74, 6) is 0. The molecule has 124 valence electrons. The van der Waals surface area contributed by atoms with Crippen molar-refractivity contribution >= 4 is 57.0 Å².